The summed E-state index contributed by atoms with van der Waals surface area (Å²) in [4.78, 5) is 14.5. The number of hydrogen-bond donors (Lipinski definition) is 1. The van der Waals surface area contributed by atoms with E-state index in [4.69, 9.17) is 9.84 Å². The molecule has 1 aromatic rings. The monoisotopic (exact) mass is 205 g/mol. The first kappa shape index (κ1) is 9.71. The highest BCUT2D eigenvalue weighted by Crippen LogP contribution is 2.23. The first-order valence-corrected chi connectivity index (χ1v) is 4.72. The number of carboxylic acid groups (broad SMARTS) is 1. The Hall–Kier alpha value is -1.84. The molecule has 1 aromatic carbocycles. The molecule has 78 valence electrons. The van der Waals surface area contributed by atoms with Gasteiger partial charge in [-0.1, -0.05) is 30.3 Å². The zero-order chi connectivity index (χ0) is 10.7. The smallest absolute Gasteiger partial charge is 0.312 e. The maximum absolute atomic E-state index is 10.4. The van der Waals surface area contributed by atoms with E-state index >= 15 is 0 Å². The van der Waals surface area contributed by atoms with Gasteiger partial charge >= 0.3 is 5.97 Å². The molecule has 0 fully saturated rings. The van der Waals surface area contributed by atoms with Crippen LogP contribution in [0.3, 0.4) is 0 Å². The zero-order valence-electron chi connectivity index (χ0n) is 8.09. The van der Waals surface area contributed by atoms with Gasteiger partial charge in [0.05, 0.1) is 6.54 Å². The molecule has 0 aromatic heterocycles. The highest BCUT2D eigenvalue weighted by molar-refractivity contribution is 5.94. The Labute approximate surface area is 87.2 Å². The molecule has 1 unspecified atom stereocenters. The lowest BCUT2D eigenvalue weighted by Crippen LogP contribution is -2.09. The summed E-state index contributed by atoms with van der Waals surface area (Å²) in [6.07, 6.45) is -0.260. The normalized spacial score (nSPS) is 19.5. The Balaban J connectivity index is 1.99. The molecular formula is C11H11NO3. The predicted octanol–water partition coefficient (Wildman–Crippen LogP) is 1.63. The van der Waals surface area contributed by atoms with Crippen LogP contribution in [0.4, 0.5) is 0 Å². The average Bonchev–Trinajstić information content (AvgIpc) is 2.67. The van der Waals surface area contributed by atoms with E-state index in [2.05, 4.69) is 4.99 Å². The van der Waals surface area contributed by atoms with Crippen LogP contribution in [-0.2, 0) is 9.53 Å². The fourth-order valence-electron chi connectivity index (χ4n) is 1.49. The van der Waals surface area contributed by atoms with Gasteiger partial charge in [0.25, 0.3) is 0 Å². The SMILES string of the molecule is O=C(O)CC1=NCC(c2ccccc2)O1. The van der Waals surface area contributed by atoms with E-state index in [1.54, 1.807) is 0 Å². The molecule has 2 rings (SSSR count). The van der Waals surface area contributed by atoms with Crippen LogP contribution >= 0.6 is 0 Å². The standard InChI is InChI=1S/C11H11NO3/c13-11(14)6-10-12-7-9(15-10)8-4-2-1-3-5-8/h1-5,9H,6-7H2,(H,13,14). The van der Waals surface area contributed by atoms with E-state index in [1.165, 1.54) is 0 Å². The number of carboxylic acids is 1. The van der Waals surface area contributed by atoms with Gasteiger partial charge in [-0.25, -0.2) is 0 Å². The summed E-state index contributed by atoms with van der Waals surface area (Å²) in [5.41, 5.74) is 1.03. The van der Waals surface area contributed by atoms with Gasteiger partial charge in [-0.15, -0.1) is 0 Å². The van der Waals surface area contributed by atoms with Gasteiger partial charge < -0.3 is 9.84 Å². The van der Waals surface area contributed by atoms with Gasteiger partial charge in [-0.05, 0) is 5.56 Å². The van der Waals surface area contributed by atoms with Crippen molar-refractivity contribution in [1.29, 1.82) is 0 Å². The minimum absolute atomic E-state index is 0.124. The molecule has 4 nitrogen and oxygen atoms in total. The topological polar surface area (TPSA) is 58.9 Å². The van der Waals surface area contributed by atoms with Crippen LogP contribution in [0.25, 0.3) is 0 Å². The number of rotatable bonds is 3. The van der Waals surface area contributed by atoms with Crippen LogP contribution < -0.4 is 0 Å². The summed E-state index contributed by atoms with van der Waals surface area (Å²) >= 11 is 0. The Morgan fingerprint density at radius 2 is 2.20 bits per heavy atom. The summed E-state index contributed by atoms with van der Waals surface area (Å²) < 4.78 is 5.43. The van der Waals surface area contributed by atoms with Crippen LogP contribution in [0.15, 0.2) is 35.3 Å². The van der Waals surface area contributed by atoms with E-state index in [1.807, 2.05) is 30.3 Å². The van der Waals surface area contributed by atoms with Crippen LogP contribution in [-0.4, -0.2) is 23.5 Å². The summed E-state index contributed by atoms with van der Waals surface area (Å²) in [5, 5.41) is 8.57. The molecule has 0 amide bonds. The first-order valence-electron chi connectivity index (χ1n) is 4.72. The molecule has 0 saturated carbocycles. The highest BCUT2D eigenvalue weighted by atomic mass is 16.5. The van der Waals surface area contributed by atoms with Crippen molar-refractivity contribution in [3.63, 3.8) is 0 Å². The lowest BCUT2D eigenvalue weighted by molar-refractivity contribution is -0.135. The van der Waals surface area contributed by atoms with Crippen molar-refractivity contribution in [1.82, 2.24) is 0 Å². The van der Waals surface area contributed by atoms with Crippen molar-refractivity contribution >= 4 is 11.9 Å². The minimum Gasteiger partial charge on any atom is -0.481 e. The van der Waals surface area contributed by atoms with E-state index in [-0.39, 0.29) is 12.5 Å². The summed E-state index contributed by atoms with van der Waals surface area (Å²) in [5.74, 6) is -0.598. The number of aliphatic imine (C=N–C) groups is 1. The summed E-state index contributed by atoms with van der Waals surface area (Å²) in [6, 6.07) is 9.67. The number of aliphatic carboxylic acids is 1. The second-order valence-electron chi connectivity index (χ2n) is 3.32. The minimum atomic E-state index is -0.914. The first-order chi connectivity index (χ1) is 7.25. The van der Waals surface area contributed by atoms with Gasteiger partial charge in [0.2, 0.25) is 0 Å². The van der Waals surface area contributed by atoms with Crippen molar-refractivity contribution in [2.45, 2.75) is 12.5 Å². The molecule has 1 N–H and O–H groups in total. The van der Waals surface area contributed by atoms with Crippen LogP contribution in [0.5, 0.6) is 0 Å². The molecule has 4 heteroatoms. The Kier molecular flexibility index (Phi) is 2.67. The predicted molar refractivity (Wildman–Crippen MR) is 54.8 cm³/mol. The van der Waals surface area contributed by atoms with E-state index in [9.17, 15) is 4.79 Å². The quantitative estimate of drug-likeness (QED) is 0.815. The number of ether oxygens (including phenoxy) is 1. The fraction of sp³-hybridized carbons (Fsp3) is 0.273. The van der Waals surface area contributed by atoms with Crippen molar-refractivity contribution in [3.8, 4) is 0 Å². The molecule has 0 bridgehead atoms. The van der Waals surface area contributed by atoms with Crippen LogP contribution in [0.2, 0.25) is 0 Å². The molecule has 15 heavy (non-hydrogen) atoms. The van der Waals surface area contributed by atoms with Crippen molar-refractivity contribution in [2.24, 2.45) is 4.99 Å². The van der Waals surface area contributed by atoms with Crippen molar-refractivity contribution in [2.75, 3.05) is 6.54 Å². The lowest BCUT2D eigenvalue weighted by atomic mass is 10.1. The third-order valence-electron chi connectivity index (χ3n) is 2.19. The van der Waals surface area contributed by atoms with Crippen LogP contribution in [0.1, 0.15) is 18.1 Å². The second kappa shape index (κ2) is 4.13. The number of hydrogen-bond acceptors (Lipinski definition) is 3. The third-order valence-corrected chi connectivity index (χ3v) is 2.19. The molecule has 0 spiro atoms. The molecule has 0 saturated heterocycles. The molecule has 1 heterocycles. The molecule has 1 aliphatic rings. The van der Waals surface area contributed by atoms with Gasteiger partial charge in [0, 0.05) is 0 Å². The zero-order valence-corrected chi connectivity index (χ0v) is 8.09. The number of benzene rings is 1. The average molecular weight is 205 g/mol. The highest BCUT2D eigenvalue weighted by Gasteiger charge is 2.22. The van der Waals surface area contributed by atoms with Gasteiger partial charge in [0.1, 0.15) is 12.5 Å². The van der Waals surface area contributed by atoms with Gasteiger partial charge in [-0.2, -0.15) is 0 Å². The molecule has 1 aliphatic heterocycles. The third kappa shape index (κ3) is 2.34. The fourth-order valence-corrected chi connectivity index (χ4v) is 1.49. The Morgan fingerprint density at radius 1 is 1.47 bits per heavy atom. The van der Waals surface area contributed by atoms with E-state index in [0.717, 1.165) is 5.56 Å². The van der Waals surface area contributed by atoms with Gasteiger partial charge in [-0.3, -0.25) is 9.79 Å². The van der Waals surface area contributed by atoms with Gasteiger partial charge in [0.15, 0.2) is 5.90 Å². The lowest BCUT2D eigenvalue weighted by Gasteiger charge is -2.10. The molecule has 0 aliphatic carbocycles. The Bertz CT molecular complexity index is 386. The molecule has 0 radical (unpaired) electrons. The Morgan fingerprint density at radius 3 is 2.87 bits per heavy atom. The maximum atomic E-state index is 10.4. The van der Waals surface area contributed by atoms with E-state index in [0.29, 0.717) is 12.4 Å². The molecular weight excluding hydrogens is 194 g/mol. The maximum Gasteiger partial charge on any atom is 0.312 e. The van der Waals surface area contributed by atoms with Crippen LogP contribution in [0, 0.1) is 0 Å². The summed E-state index contributed by atoms with van der Waals surface area (Å²) in [6.45, 7) is 0.507. The number of nitrogens with zero attached hydrogens (tertiary/aromatic N) is 1. The van der Waals surface area contributed by atoms with Crippen molar-refractivity contribution < 1.29 is 14.6 Å². The molecule has 1 atom stereocenters. The van der Waals surface area contributed by atoms with Crippen molar-refractivity contribution in [3.05, 3.63) is 35.9 Å². The summed E-state index contributed by atoms with van der Waals surface area (Å²) in [7, 11) is 0. The van der Waals surface area contributed by atoms with E-state index < -0.39 is 5.97 Å². The number of carbonyl (C=O) groups is 1. The largest absolute Gasteiger partial charge is 0.481 e. The second-order valence-corrected chi connectivity index (χ2v) is 3.32.